The van der Waals surface area contributed by atoms with Crippen LogP contribution >= 0.6 is 11.6 Å². The van der Waals surface area contributed by atoms with Crippen molar-refractivity contribution in [2.75, 3.05) is 26.7 Å². The van der Waals surface area contributed by atoms with E-state index in [1.165, 1.54) is 0 Å². The van der Waals surface area contributed by atoms with Crippen LogP contribution in [0.4, 0.5) is 0 Å². The molecule has 1 aromatic carbocycles. The molecule has 1 saturated heterocycles. The molecule has 0 radical (unpaired) electrons. The van der Waals surface area contributed by atoms with Crippen molar-refractivity contribution in [2.45, 2.75) is 19.4 Å². The Kier molecular flexibility index (Phi) is 4.02. The molecule has 1 N–H and O–H groups in total. The van der Waals surface area contributed by atoms with E-state index in [0.717, 1.165) is 6.54 Å². The zero-order valence-corrected chi connectivity index (χ0v) is 12.3. The molecule has 0 saturated carbocycles. The lowest BCUT2D eigenvalue weighted by molar-refractivity contribution is 0.0652. The van der Waals surface area contributed by atoms with Crippen LogP contribution in [0.15, 0.2) is 18.2 Å². The molecule has 1 fully saturated rings. The molecule has 0 aliphatic carbocycles. The van der Waals surface area contributed by atoms with Crippen molar-refractivity contribution < 1.29 is 9.53 Å². The first-order valence-electron chi connectivity index (χ1n) is 6.31. The maximum Gasteiger partial charge on any atom is 0.254 e. The number of amides is 1. The van der Waals surface area contributed by atoms with Crippen molar-refractivity contribution in [2.24, 2.45) is 0 Å². The maximum atomic E-state index is 12.5. The lowest BCUT2D eigenvalue weighted by Gasteiger charge is -2.39. The highest BCUT2D eigenvalue weighted by Gasteiger charge is 2.29. The Morgan fingerprint density at radius 1 is 1.47 bits per heavy atom. The average molecular weight is 283 g/mol. The second-order valence-corrected chi connectivity index (χ2v) is 5.79. The summed E-state index contributed by atoms with van der Waals surface area (Å²) >= 11 is 5.97. The molecule has 0 bridgehead atoms. The number of nitrogens with one attached hydrogen (secondary N) is 1. The summed E-state index contributed by atoms with van der Waals surface area (Å²) in [5.74, 6) is 0.548. The number of halogens is 1. The fraction of sp³-hybridized carbons (Fsp3) is 0.500. The minimum atomic E-state index is -0.0512. The summed E-state index contributed by atoms with van der Waals surface area (Å²) in [5.41, 5.74) is 0.559. The predicted molar refractivity (Wildman–Crippen MR) is 76.0 cm³/mol. The van der Waals surface area contributed by atoms with Gasteiger partial charge in [-0.3, -0.25) is 4.79 Å². The zero-order valence-electron chi connectivity index (χ0n) is 11.5. The van der Waals surface area contributed by atoms with Crippen LogP contribution in [0, 0.1) is 0 Å². The molecule has 1 heterocycles. The van der Waals surface area contributed by atoms with Gasteiger partial charge < -0.3 is 15.0 Å². The number of methoxy groups -OCH3 is 1. The number of benzene rings is 1. The number of hydrogen-bond donors (Lipinski definition) is 1. The largest absolute Gasteiger partial charge is 0.495 e. The third kappa shape index (κ3) is 3.19. The SMILES string of the molecule is COc1cc(C(=O)N2CCNC(C)(C)C2)ccc1Cl. The number of nitrogens with zero attached hydrogens (tertiary/aromatic N) is 1. The van der Waals surface area contributed by atoms with E-state index >= 15 is 0 Å². The van der Waals surface area contributed by atoms with Gasteiger partial charge in [0.25, 0.3) is 5.91 Å². The highest BCUT2D eigenvalue weighted by molar-refractivity contribution is 6.32. The van der Waals surface area contributed by atoms with Crippen LogP contribution in [-0.4, -0.2) is 43.1 Å². The standard InChI is InChI=1S/C14H19ClN2O2/c1-14(2)9-17(7-6-16-14)13(18)10-4-5-11(15)12(8-10)19-3/h4-5,8,16H,6-7,9H2,1-3H3. The number of rotatable bonds is 2. The predicted octanol–water partition coefficient (Wildman–Crippen LogP) is 2.17. The van der Waals surface area contributed by atoms with E-state index in [1.807, 2.05) is 4.90 Å². The van der Waals surface area contributed by atoms with E-state index in [0.29, 0.717) is 29.4 Å². The van der Waals surface area contributed by atoms with E-state index in [4.69, 9.17) is 16.3 Å². The summed E-state index contributed by atoms with van der Waals surface area (Å²) in [6.07, 6.45) is 0. The molecule has 5 heteroatoms. The summed E-state index contributed by atoms with van der Waals surface area (Å²) in [4.78, 5) is 14.3. The van der Waals surface area contributed by atoms with E-state index in [9.17, 15) is 4.79 Å². The van der Waals surface area contributed by atoms with E-state index in [-0.39, 0.29) is 11.4 Å². The Labute approximate surface area is 118 Å². The summed E-state index contributed by atoms with van der Waals surface area (Å²) in [6, 6.07) is 5.13. The van der Waals surface area contributed by atoms with E-state index in [2.05, 4.69) is 19.2 Å². The number of carbonyl (C=O) groups is 1. The Morgan fingerprint density at radius 3 is 2.84 bits per heavy atom. The van der Waals surface area contributed by atoms with Gasteiger partial charge in [0.15, 0.2) is 0 Å². The summed E-state index contributed by atoms with van der Waals surface area (Å²) < 4.78 is 5.15. The number of hydrogen-bond acceptors (Lipinski definition) is 3. The Balaban J connectivity index is 2.19. The molecule has 1 aromatic rings. The molecular weight excluding hydrogens is 264 g/mol. The normalized spacial score (nSPS) is 18.2. The monoisotopic (exact) mass is 282 g/mol. The Bertz CT molecular complexity index is 488. The van der Waals surface area contributed by atoms with Gasteiger partial charge in [-0.05, 0) is 32.0 Å². The van der Waals surface area contributed by atoms with Crippen LogP contribution in [-0.2, 0) is 0 Å². The second-order valence-electron chi connectivity index (χ2n) is 5.39. The molecule has 1 amide bonds. The maximum absolute atomic E-state index is 12.5. The Hall–Kier alpha value is -1.26. The molecular formula is C14H19ClN2O2. The van der Waals surface area contributed by atoms with Crippen molar-refractivity contribution >= 4 is 17.5 Å². The number of ether oxygens (including phenoxy) is 1. The van der Waals surface area contributed by atoms with Gasteiger partial charge in [0.2, 0.25) is 0 Å². The zero-order chi connectivity index (χ0) is 14.0. The van der Waals surface area contributed by atoms with Crippen molar-refractivity contribution in [3.63, 3.8) is 0 Å². The highest BCUT2D eigenvalue weighted by atomic mass is 35.5. The first-order valence-corrected chi connectivity index (χ1v) is 6.68. The molecule has 0 spiro atoms. The van der Waals surface area contributed by atoms with Crippen molar-refractivity contribution in [1.82, 2.24) is 10.2 Å². The molecule has 19 heavy (non-hydrogen) atoms. The second kappa shape index (κ2) is 5.39. The average Bonchev–Trinajstić information content (AvgIpc) is 2.37. The number of carbonyl (C=O) groups excluding carboxylic acids is 1. The van der Waals surface area contributed by atoms with E-state index < -0.39 is 0 Å². The smallest absolute Gasteiger partial charge is 0.254 e. The van der Waals surface area contributed by atoms with Crippen molar-refractivity contribution in [3.8, 4) is 5.75 Å². The van der Waals surface area contributed by atoms with Crippen molar-refractivity contribution in [1.29, 1.82) is 0 Å². The third-order valence-electron chi connectivity index (χ3n) is 3.26. The van der Waals surface area contributed by atoms with Crippen LogP contribution in [0.3, 0.4) is 0 Å². The summed E-state index contributed by atoms with van der Waals surface area (Å²) in [7, 11) is 1.55. The minimum absolute atomic E-state index is 0.0181. The first kappa shape index (κ1) is 14.2. The van der Waals surface area contributed by atoms with Gasteiger partial charge in [-0.15, -0.1) is 0 Å². The minimum Gasteiger partial charge on any atom is -0.495 e. The van der Waals surface area contributed by atoms with Gasteiger partial charge in [-0.2, -0.15) is 0 Å². The molecule has 4 nitrogen and oxygen atoms in total. The lowest BCUT2D eigenvalue weighted by atomic mass is 10.0. The third-order valence-corrected chi connectivity index (χ3v) is 3.57. The molecule has 1 aliphatic rings. The van der Waals surface area contributed by atoms with Crippen LogP contribution in [0.2, 0.25) is 5.02 Å². The van der Waals surface area contributed by atoms with Crippen molar-refractivity contribution in [3.05, 3.63) is 28.8 Å². The fourth-order valence-electron chi connectivity index (χ4n) is 2.29. The highest BCUT2D eigenvalue weighted by Crippen LogP contribution is 2.26. The lowest BCUT2D eigenvalue weighted by Crippen LogP contribution is -2.58. The molecule has 1 aliphatic heterocycles. The van der Waals surface area contributed by atoms with Crippen LogP contribution in [0.1, 0.15) is 24.2 Å². The van der Waals surface area contributed by atoms with Crippen LogP contribution < -0.4 is 10.1 Å². The van der Waals surface area contributed by atoms with Gasteiger partial charge in [-0.25, -0.2) is 0 Å². The molecule has 0 unspecified atom stereocenters. The molecule has 0 atom stereocenters. The quantitative estimate of drug-likeness (QED) is 0.904. The molecule has 104 valence electrons. The van der Waals surface area contributed by atoms with Gasteiger partial charge in [0, 0.05) is 30.7 Å². The molecule has 0 aromatic heterocycles. The summed E-state index contributed by atoms with van der Waals surface area (Å²) in [6.45, 7) is 6.40. The van der Waals surface area contributed by atoms with Gasteiger partial charge in [0.1, 0.15) is 5.75 Å². The Morgan fingerprint density at radius 2 is 2.21 bits per heavy atom. The van der Waals surface area contributed by atoms with Crippen LogP contribution in [0.5, 0.6) is 5.75 Å². The molecule has 2 rings (SSSR count). The fourth-order valence-corrected chi connectivity index (χ4v) is 2.48. The van der Waals surface area contributed by atoms with E-state index in [1.54, 1.807) is 25.3 Å². The van der Waals surface area contributed by atoms with Crippen LogP contribution in [0.25, 0.3) is 0 Å². The van der Waals surface area contributed by atoms with Gasteiger partial charge in [-0.1, -0.05) is 11.6 Å². The van der Waals surface area contributed by atoms with Gasteiger partial charge in [0.05, 0.1) is 12.1 Å². The topological polar surface area (TPSA) is 41.6 Å². The van der Waals surface area contributed by atoms with Gasteiger partial charge >= 0.3 is 0 Å². The first-order chi connectivity index (χ1) is 8.93. The number of piperazine rings is 1. The summed E-state index contributed by atoms with van der Waals surface area (Å²) in [5, 5.41) is 3.90.